The Hall–Kier alpha value is -3.05. The Morgan fingerprint density at radius 3 is 2.32 bits per heavy atom. The molecule has 2 aromatic carbocycles. The lowest BCUT2D eigenvalue weighted by Crippen LogP contribution is -2.22. The first-order valence-electron chi connectivity index (χ1n) is 9.02. The normalized spacial score (nSPS) is 11.3. The van der Waals surface area contributed by atoms with E-state index in [0.717, 1.165) is 22.6 Å². The van der Waals surface area contributed by atoms with Crippen LogP contribution in [0.25, 0.3) is 27.8 Å². The van der Waals surface area contributed by atoms with Crippen molar-refractivity contribution in [1.29, 1.82) is 0 Å². The number of nitrogens with zero attached hydrogens (tertiary/aromatic N) is 3. The van der Waals surface area contributed by atoms with Crippen LogP contribution in [0.2, 0.25) is 5.02 Å². The highest BCUT2D eigenvalue weighted by Gasteiger charge is 2.18. The maximum Gasteiger partial charge on any atom is 0.263 e. The fourth-order valence-corrected chi connectivity index (χ4v) is 3.41. The third-order valence-corrected chi connectivity index (χ3v) is 5.05. The van der Waals surface area contributed by atoms with Crippen LogP contribution in [0.4, 0.5) is 0 Å². The summed E-state index contributed by atoms with van der Waals surface area (Å²) in [4.78, 5) is 17.9. The Morgan fingerprint density at radius 2 is 1.71 bits per heavy atom. The van der Waals surface area contributed by atoms with Gasteiger partial charge in [0.05, 0.1) is 12.5 Å². The maximum atomic E-state index is 13.2. The largest absolute Gasteiger partial charge is 0.497 e. The van der Waals surface area contributed by atoms with Crippen molar-refractivity contribution < 1.29 is 4.74 Å². The predicted molar refractivity (Wildman–Crippen MR) is 113 cm³/mol. The van der Waals surface area contributed by atoms with Crippen molar-refractivity contribution in [1.82, 2.24) is 14.1 Å². The van der Waals surface area contributed by atoms with Crippen LogP contribution in [0.3, 0.4) is 0 Å². The minimum atomic E-state index is -0.0581. The lowest BCUT2D eigenvalue weighted by molar-refractivity contribution is 0.415. The Bertz CT molecular complexity index is 1190. The van der Waals surface area contributed by atoms with Gasteiger partial charge in [-0.1, -0.05) is 23.7 Å². The van der Waals surface area contributed by atoms with E-state index in [4.69, 9.17) is 16.3 Å². The van der Waals surface area contributed by atoms with Crippen LogP contribution >= 0.6 is 11.6 Å². The van der Waals surface area contributed by atoms with Gasteiger partial charge in [-0.25, -0.2) is 4.98 Å². The highest BCUT2D eigenvalue weighted by Crippen LogP contribution is 2.31. The second-order valence-corrected chi connectivity index (χ2v) is 7.30. The minimum Gasteiger partial charge on any atom is -0.497 e. The molecular formula is C22H20ClN3O2. The molecule has 2 heterocycles. The average Bonchev–Trinajstić information content (AvgIpc) is 3.09. The minimum absolute atomic E-state index is 0.0202. The van der Waals surface area contributed by atoms with Crippen molar-refractivity contribution in [2.75, 3.05) is 7.11 Å². The first-order chi connectivity index (χ1) is 13.5. The topological polar surface area (TPSA) is 49.0 Å². The third kappa shape index (κ3) is 3.08. The lowest BCUT2D eigenvalue weighted by atomic mass is 10.1. The number of halogens is 1. The van der Waals surface area contributed by atoms with E-state index in [-0.39, 0.29) is 11.6 Å². The molecule has 0 bridgehead atoms. The Kier molecular flexibility index (Phi) is 4.69. The second kappa shape index (κ2) is 7.17. The molecule has 6 heteroatoms. The summed E-state index contributed by atoms with van der Waals surface area (Å²) in [5.41, 5.74) is 3.21. The zero-order valence-corrected chi connectivity index (χ0v) is 16.6. The summed E-state index contributed by atoms with van der Waals surface area (Å²) < 4.78 is 8.84. The molecule has 4 aromatic rings. The smallest absolute Gasteiger partial charge is 0.263 e. The number of hydrogen-bond acceptors (Lipinski definition) is 3. The van der Waals surface area contributed by atoms with Crippen LogP contribution in [0.15, 0.2) is 65.8 Å². The molecule has 0 aliphatic heterocycles. The first kappa shape index (κ1) is 18.3. The fourth-order valence-electron chi connectivity index (χ4n) is 3.29. The van der Waals surface area contributed by atoms with E-state index < -0.39 is 0 Å². The van der Waals surface area contributed by atoms with E-state index >= 15 is 0 Å². The van der Waals surface area contributed by atoms with Crippen molar-refractivity contribution in [3.8, 4) is 22.6 Å². The van der Waals surface area contributed by atoms with E-state index in [0.29, 0.717) is 16.1 Å². The molecule has 0 spiro atoms. The number of methoxy groups -OCH3 is 1. The van der Waals surface area contributed by atoms with E-state index in [2.05, 4.69) is 4.98 Å². The van der Waals surface area contributed by atoms with Crippen LogP contribution in [0, 0.1) is 0 Å². The Morgan fingerprint density at radius 1 is 1.04 bits per heavy atom. The van der Waals surface area contributed by atoms with Crippen LogP contribution in [-0.4, -0.2) is 21.2 Å². The van der Waals surface area contributed by atoms with Crippen molar-refractivity contribution in [3.05, 3.63) is 76.4 Å². The standard InChI is InChI=1S/C22H20ClN3O2/c1-14(2)26-13-24-21-20(22(26)27)19(15-4-6-16(23)7-5-15)12-25(21)17-8-10-18(28-3)11-9-17/h4-14H,1-3H3. The van der Waals surface area contributed by atoms with Gasteiger partial charge in [-0.3, -0.25) is 9.36 Å². The van der Waals surface area contributed by atoms with Crippen LogP contribution < -0.4 is 10.3 Å². The molecule has 0 aliphatic carbocycles. The highest BCUT2D eigenvalue weighted by atomic mass is 35.5. The molecule has 0 unspecified atom stereocenters. The van der Waals surface area contributed by atoms with Crippen molar-refractivity contribution in [2.24, 2.45) is 0 Å². The zero-order chi connectivity index (χ0) is 19.8. The quantitative estimate of drug-likeness (QED) is 0.484. The van der Waals surface area contributed by atoms with E-state index in [1.165, 1.54) is 0 Å². The number of ether oxygens (including phenoxy) is 1. The molecule has 0 aliphatic rings. The molecule has 0 saturated carbocycles. The monoisotopic (exact) mass is 393 g/mol. The van der Waals surface area contributed by atoms with Crippen molar-refractivity contribution >= 4 is 22.6 Å². The summed E-state index contributed by atoms with van der Waals surface area (Å²) in [6.07, 6.45) is 3.57. The van der Waals surface area contributed by atoms with Gasteiger partial charge in [0.25, 0.3) is 5.56 Å². The van der Waals surface area contributed by atoms with Crippen LogP contribution in [-0.2, 0) is 0 Å². The van der Waals surface area contributed by atoms with Gasteiger partial charge >= 0.3 is 0 Å². The van der Waals surface area contributed by atoms with Gasteiger partial charge in [-0.05, 0) is 55.8 Å². The van der Waals surface area contributed by atoms with Crippen LogP contribution in [0.5, 0.6) is 5.75 Å². The SMILES string of the molecule is COc1ccc(-n2cc(-c3ccc(Cl)cc3)c3c(=O)n(C(C)C)cnc32)cc1. The van der Waals surface area contributed by atoms with Gasteiger partial charge in [0.2, 0.25) is 0 Å². The van der Waals surface area contributed by atoms with Crippen LogP contribution in [0.1, 0.15) is 19.9 Å². The lowest BCUT2D eigenvalue weighted by Gasteiger charge is -2.10. The molecule has 4 rings (SSSR count). The van der Waals surface area contributed by atoms with E-state index in [1.54, 1.807) is 18.0 Å². The number of fused-ring (bicyclic) bond motifs is 1. The molecule has 0 atom stereocenters. The maximum absolute atomic E-state index is 13.2. The van der Waals surface area contributed by atoms with E-state index in [9.17, 15) is 4.79 Å². The molecule has 0 N–H and O–H groups in total. The van der Waals surface area contributed by atoms with Crippen molar-refractivity contribution in [2.45, 2.75) is 19.9 Å². The molecule has 142 valence electrons. The predicted octanol–water partition coefficient (Wildman–Crippen LogP) is 5.10. The average molecular weight is 394 g/mol. The highest BCUT2D eigenvalue weighted by molar-refractivity contribution is 6.30. The molecule has 0 radical (unpaired) electrons. The molecule has 5 nitrogen and oxygen atoms in total. The van der Waals surface area contributed by atoms with Crippen molar-refractivity contribution in [3.63, 3.8) is 0 Å². The summed E-state index contributed by atoms with van der Waals surface area (Å²) in [6, 6.07) is 15.2. The van der Waals surface area contributed by atoms with E-state index in [1.807, 2.05) is 73.1 Å². The second-order valence-electron chi connectivity index (χ2n) is 6.87. The van der Waals surface area contributed by atoms with Gasteiger partial charge in [0.15, 0.2) is 5.65 Å². The van der Waals surface area contributed by atoms with Gasteiger partial charge in [-0.2, -0.15) is 0 Å². The molecule has 2 aromatic heterocycles. The summed E-state index contributed by atoms with van der Waals surface area (Å²) in [5.74, 6) is 0.772. The number of hydrogen-bond donors (Lipinski definition) is 0. The number of benzene rings is 2. The summed E-state index contributed by atoms with van der Waals surface area (Å²) in [6.45, 7) is 3.94. The summed E-state index contributed by atoms with van der Waals surface area (Å²) in [5, 5.41) is 1.25. The number of rotatable bonds is 4. The summed E-state index contributed by atoms with van der Waals surface area (Å²) in [7, 11) is 1.63. The summed E-state index contributed by atoms with van der Waals surface area (Å²) >= 11 is 6.05. The molecule has 0 fully saturated rings. The van der Waals surface area contributed by atoms with Gasteiger partial charge < -0.3 is 9.30 Å². The number of aromatic nitrogens is 3. The fraction of sp³-hybridized carbons (Fsp3) is 0.182. The Balaban J connectivity index is 2.02. The molecule has 28 heavy (non-hydrogen) atoms. The van der Waals surface area contributed by atoms with Gasteiger partial charge in [0, 0.05) is 28.5 Å². The zero-order valence-electron chi connectivity index (χ0n) is 15.9. The Labute approximate surface area is 167 Å². The molecule has 0 amide bonds. The first-order valence-corrected chi connectivity index (χ1v) is 9.40. The molecule has 0 saturated heterocycles. The van der Waals surface area contributed by atoms with Gasteiger partial charge in [0.1, 0.15) is 12.1 Å². The van der Waals surface area contributed by atoms with Gasteiger partial charge in [-0.15, -0.1) is 0 Å². The molecular weight excluding hydrogens is 374 g/mol. The third-order valence-electron chi connectivity index (χ3n) is 4.79.